The third-order valence-corrected chi connectivity index (χ3v) is 0.825. The van der Waals surface area contributed by atoms with Crippen LogP contribution >= 0.6 is 0 Å². The van der Waals surface area contributed by atoms with Gasteiger partial charge in [0.1, 0.15) is 11.5 Å². The summed E-state index contributed by atoms with van der Waals surface area (Å²) >= 11 is 0. The molecule has 7 N–H and O–H groups in total. The summed E-state index contributed by atoms with van der Waals surface area (Å²) in [6.07, 6.45) is 0. The number of nitrogens with one attached hydrogen (secondary N) is 1. The van der Waals surface area contributed by atoms with Crippen molar-refractivity contribution in [1.29, 1.82) is 0 Å². The number of nitrogens with two attached hydrogens (primary N) is 3. The highest BCUT2D eigenvalue weighted by Crippen LogP contribution is 1.81. The second-order valence-corrected chi connectivity index (χ2v) is 1.44. The van der Waals surface area contributed by atoms with Crippen molar-refractivity contribution in [2.75, 3.05) is 7.05 Å². The van der Waals surface area contributed by atoms with Gasteiger partial charge in [0.25, 0.3) is 5.91 Å². The van der Waals surface area contributed by atoms with Crippen LogP contribution < -0.4 is 22.5 Å². The molecule has 0 aliphatic carbocycles. The van der Waals surface area contributed by atoms with E-state index in [4.69, 9.17) is 17.2 Å². The predicted molar refractivity (Wildman–Crippen MR) is 33.7 cm³/mol. The van der Waals surface area contributed by atoms with Crippen LogP contribution in [0, 0.1) is 0 Å². The first-order chi connectivity index (χ1) is 4.09. The Kier molecular flexibility index (Phi) is 2.37. The molecular formula is C4H10N4O. The van der Waals surface area contributed by atoms with Crippen LogP contribution in [-0.4, -0.2) is 13.0 Å². The molecule has 0 fully saturated rings. The van der Waals surface area contributed by atoms with Crippen LogP contribution in [0.2, 0.25) is 0 Å². The first kappa shape index (κ1) is 7.61. The zero-order valence-corrected chi connectivity index (χ0v) is 5.14. The monoisotopic (exact) mass is 130 g/mol. The summed E-state index contributed by atoms with van der Waals surface area (Å²) in [7, 11) is 1.55. The molecule has 5 heteroatoms. The van der Waals surface area contributed by atoms with Crippen LogP contribution in [0.25, 0.3) is 0 Å². The number of carbonyl (C=O) groups is 1. The average Bonchev–Trinajstić information content (AvgIpc) is 1.84. The summed E-state index contributed by atoms with van der Waals surface area (Å²) in [4.78, 5) is 10.2. The summed E-state index contributed by atoms with van der Waals surface area (Å²) in [5.74, 6) is -0.621. The summed E-state index contributed by atoms with van der Waals surface area (Å²) in [5.41, 5.74) is 14.9. The van der Waals surface area contributed by atoms with Gasteiger partial charge in [-0.15, -0.1) is 0 Å². The van der Waals surface area contributed by atoms with Crippen molar-refractivity contribution in [3.05, 3.63) is 11.5 Å². The molecule has 0 saturated carbocycles. The first-order valence-electron chi connectivity index (χ1n) is 2.32. The molecule has 0 rings (SSSR count). The molecule has 0 aliphatic heterocycles. The minimum Gasteiger partial charge on any atom is -0.391 e. The maximum atomic E-state index is 10.2. The number of primary amides is 1. The van der Waals surface area contributed by atoms with Crippen molar-refractivity contribution >= 4 is 5.91 Å². The lowest BCUT2D eigenvalue weighted by Gasteiger charge is -2.00. The van der Waals surface area contributed by atoms with Crippen LogP contribution in [0.5, 0.6) is 0 Å². The zero-order chi connectivity index (χ0) is 7.44. The van der Waals surface area contributed by atoms with Crippen molar-refractivity contribution in [2.45, 2.75) is 0 Å². The van der Waals surface area contributed by atoms with Gasteiger partial charge in [-0.3, -0.25) is 4.79 Å². The first-order valence-corrected chi connectivity index (χ1v) is 2.32. The Hall–Kier alpha value is -1.39. The Balaban J connectivity index is 4.28. The van der Waals surface area contributed by atoms with Crippen molar-refractivity contribution in [3.63, 3.8) is 0 Å². The van der Waals surface area contributed by atoms with E-state index in [0.29, 0.717) is 0 Å². The largest absolute Gasteiger partial charge is 0.391 e. The minimum absolute atomic E-state index is 0.0995. The Labute approximate surface area is 52.9 Å². The fraction of sp³-hybridized carbons (Fsp3) is 0.250. The van der Waals surface area contributed by atoms with E-state index in [0.717, 1.165) is 0 Å². The van der Waals surface area contributed by atoms with Crippen LogP contribution in [0.1, 0.15) is 0 Å². The van der Waals surface area contributed by atoms with E-state index in [9.17, 15) is 4.79 Å². The van der Waals surface area contributed by atoms with Crippen LogP contribution in [-0.2, 0) is 4.79 Å². The smallest absolute Gasteiger partial charge is 0.268 e. The molecule has 0 aromatic carbocycles. The highest BCUT2D eigenvalue weighted by atomic mass is 16.1. The van der Waals surface area contributed by atoms with E-state index in [1.807, 2.05) is 0 Å². The average molecular weight is 130 g/mol. The molecule has 1 amide bonds. The molecule has 9 heavy (non-hydrogen) atoms. The predicted octanol–water partition coefficient (Wildman–Crippen LogP) is -2.22. The SMILES string of the molecule is CN/C(N)=C(/N)C(N)=O. The number of amides is 1. The normalized spacial score (nSPS) is 12.1. The molecule has 0 saturated heterocycles. The van der Waals surface area contributed by atoms with Crippen molar-refractivity contribution < 1.29 is 4.79 Å². The molecule has 0 radical (unpaired) electrons. The van der Waals surface area contributed by atoms with Gasteiger partial charge in [0.15, 0.2) is 0 Å². The third kappa shape index (κ3) is 1.89. The van der Waals surface area contributed by atoms with Crippen LogP contribution in [0.4, 0.5) is 0 Å². The van der Waals surface area contributed by atoms with Gasteiger partial charge in [-0.1, -0.05) is 0 Å². The molecule has 0 bridgehead atoms. The quantitative estimate of drug-likeness (QED) is 0.317. The third-order valence-electron chi connectivity index (χ3n) is 0.825. The van der Waals surface area contributed by atoms with Gasteiger partial charge >= 0.3 is 0 Å². The zero-order valence-electron chi connectivity index (χ0n) is 5.14. The van der Waals surface area contributed by atoms with E-state index in [1.165, 1.54) is 0 Å². The molecule has 0 aliphatic rings. The van der Waals surface area contributed by atoms with Gasteiger partial charge < -0.3 is 22.5 Å². The number of hydrogen-bond acceptors (Lipinski definition) is 4. The van der Waals surface area contributed by atoms with Crippen LogP contribution in [0.3, 0.4) is 0 Å². The van der Waals surface area contributed by atoms with Gasteiger partial charge in [-0.25, -0.2) is 0 Å². The molecular weight excluding hydrogens is 120 g/mol. The van der Waals surface area contributed by atoms with Gasteiger partial charge in [-0.2, -0.15) is 0 Å². The van der Waals surface area contributed by atoms with Gasteiger partial charge in [0.05, 0.1) is 0 Å². The molecule has 52 valence electrons. The summed E-state index contributed by atoms with van der Waals surface area (Å²) in [6, 6.07) is 0. The highest BCUT2D eigenvalue weighted by Gasteiger charge is 2.01. The molecule has 0 aromatic heterocycles. The summed E-state index contributed by atoms with van der Waals surface area (Å²) in [6.45, 7) is 0. The molecule has 0 heterocycles. The fourth-order valence-corrected chi connectivity index (χ4v) is 0.267. The van der Waals surface area contributed by atoms with Gasteiger partial charge in [-0.05, 0) is 0 Å². The Morgan fingerprint density at radius 1 is 1.33 bits per heavy atom. The van der Waals surface area contributed by atoms with Gasteiger partial charge in [0.2, 0.25) is 0 Å². The molecule has 0 aromatic rings. The van der Waals surface area contributed by atoms with Crippen LogP contribution in [0.15, 0.2) is 11.5 Å². The molecule has 0 unspecified atom stereocenters. The Morgan fingerprint density at radius 2 is 1.78 bits per heavy atom. The second-order valence-electron chi connectivity index (χ2n) is 1.44. The maximum absolute atomic E-state index is 10.2. The highest BCUT2D eigenvalue weighted by molar-refractivity contribution is 5.91. The second kappa shape index (κ2) is 2.81. The topological polar surface area (TPSA) is 107 Å². The van der Waals surface area contributed by atoms with E-state index in [1.54, 1.807) is 7.05 Å². The van der Waals surface area contributed by atoms with E-state index >= 15 is 0 Å². The lowest BCUT2D eigenvalue weighted by molar-refractivity contribution is -0.114. The number of hydrogen-bond donors (Lipinski definition) is 4. The summed E-state index contributed by atoms with van der Waals surface area (Å²) in [5, 5.41) is 2.48. The van der Waals surface area contributed by atoms with Gasteiger partial charge in [0, 0.05) is 7.05 Å². The van der Waals surface area contributed by atoms with E-state index < -0.39 is 5.91 Å². The van der Waals surface area contributed by atoms with E-state index in [-0.39, 0.29) is 11.5 Å². The minimum atomic E-state index is -0.721. The van der Waals surface area contributed by atoms with Crippen molar-refractivity contribution in [3.8, 4) is 0 Å². The summed E-state index contributed by atoms with van der Waals surface area (Å²) < 4.78 is 0. The Bertz CT molecular complexity index is 151. The molecule has 0 atom stereocenters. The molecule has 5 nitrogen and oxygen atoms in total. The lowest BCUT2D eigenvalue weighted by atomic mass is 10.4. The Morgan fingerprint density at radius 3 is 1.89 bits per heavy atom. The fourth-order valence-electron chi connectivity index (χ4n) is 0.267. The maximum Gasteiger partial charge on any atom is 0.268 e. The standard InChI is InChI=1S/C4H10N4O/c1-8-3(6)2(5)4(7)9/h8H,5-6H2,1H3,(H2,7,9)/b3-2+. The van der Waals surface area contributed by atoms with E-state index in [2.05, 4.69) is 5.32 Å². The lowest BCUT2D eigenvalue weighted by Crippen LogP contribution is -2.29. The number of rotatable bonds is 2. The number of carbonyl (C=O) groups excluding carboxylic acids is 1. The van der Waals surface area contributed by atoms with Crippen molar-refractivity contribution in [2.24, 2.45) is 17.2 Å². The molecule has 0 spiro atoms. The van der Waals surface area contributed by atoms with Crippen molar-refractivity contribution in [1.82, 2.24) is 5.32 Å².